The number of pyridine rings is 2. The predicted octanol–water partition coefficient (Wildman–Crippen LogP) is 4.44. The first-order chi connectivity index (χ1) is 21.8. The number of amides is 2. The van der Waals surface area contributed by atoms with Gasteiger partial charge >= 0.3 is 0 Å². The van der Waals surface area contributed by atoms with Crippen LogP contribution in [0.15, 0.2) is 60.8 Å². The van der Waals surface area contributed by atoms with Gasteiger partial charge in [-0.15, -0.1) is 0 Å². The number of halogens is 2. The fraction of sp³-hybridized carbons (Fsp3) is 0.250. The van der Waals surface area contributed by atoms with E-state index in [1.165, 1.54) is 7.11 Å². The molecule has 11 nitrogen and oxygen atoms in total. The van der Waals surface area contributed by atoms with Crippen molar-refractivity contribution in [2.45, 2.75) is 20.0 Å². The van der Waals surface area contributed by atoms with Crippen LogP contribution in [0.3, 0.4) is 0 Å². The Labute approximate surface area is 271 Å². The van der Waals surface area contributed by atoms with Gasteiger partial charge in [0.1, 0.15) is 5.69 Å². The molecule has 0 aliphatic heterocycles. The van der Waals surface area contributed by atoms with Crippen molar-refractivity contribution in [3.8, 4) is 17.0 Å². The minimum atomic E-state index is -0.576. The Kier molecular flexibility index (Phi) is 12.2. The van der Waals surface area contributed by atoms with Gasteiger partial charge in [0.2, 0.25) is 5.88 Å². The minimum absolute atomic E-state index is 0.0276. The van der Waals surface area contributed by atoms with E-state index in [4.69, 9.17) is 38.2 Å². The van der Waals surface area contributed by atoms with Crippen LogP contribution in [0.1, 0.15) is 37.7 Å². The maximum atomic E-state index is 13.3. The van der Waals surface area contributed by atoms with Crippen LogP contribution >= 0.6 is 23.2 Å². The van der Waals surface area contributed by atoms with Crippen LogP contribution in [0, 0.1) is 6.92 Å². The summed E-state index contributed by atoms with van der Waals surface area (Å²) in [4.78, 5) is 34.8. The minimum Gasteiger partial charge on any atom is -0.481 e. The molecule has 0 saturated heterocycles. The fourth-order valence-electron chi connectivity index (χ4n) is 4.52. The second-order valence-corrected chi connectivity index (χ2v) is 10.7. The largest absolute Gasteiger partial charge is 0.481 e. The molecule has 6 N–H and O–H groups in total. The highest BCUT2D eigenvalue weighted by molar-refractivity contribution is 6.37. The lowest BCUT2D eigenvalue weighted by molar-refractivity contribution is 0.101. The van der Waals surface area contributed by atoms with E-state index in [1.807, 2.05) is 19.1 Å². The van der Waals surface area contributed by atoms with E-state index < -0.39 is 5.91 Å². The van der Waals surface area contributed by atoms with Gasteiger partial charge in [-0.1, -0.05) is 53.5 Å². The first-order valence-corrected chi connectivity index (χ1v) is 14.9. The summed E-state index contributed by atoms with van der Waals surface area (Å²) < 4.78 is 5.35. The number of nitrogens with one attached hydrogen (secondary N) is 4. The molecule has 236 valence electrons. The molecule has 4 aromatic rings. The number of nitrogens with zero attached hydrogens (tertiary/aromatic N) is 2. The number of methoxy groups -OCH3 is 1. The van der Waals surface area contributed by atoms with Gasteiger partial charge in [0.15, 0.2) is 5.69 Å². The number of ether oxygens (including phenoxy) is 1. The zero-order valence-electron chi connectivity index (χ0n) is 24.8. The quantitative estimate of drug-likeness (QED) is 0.108. The van der Waals surface area contributed by atoms with E-state index in [0.717, 1.165) is 16.7 Å². The van der Waals surface area contributed by atoms with Crippen molar-refractivity contribution in [2.75, 3.05) is 44.0 Å². The van der Waals surface area contributed by atoms with E-state index in [-0.39, 0.29) is 46.4 Å². The van der Waals surface area contributed by atoms with Crippen molar-refractivity contribution < 1.29 is 24.5 Å². The van der Waals surface area contributed by atoms with Gasteiger partial charge in [0.25, 0.3) is 11.8 Å². The van der Waals surface area contributed by atoms with Gasteiger partial charge < -0.3 is 36.2 Å². The van der Waals surface area contributed by atoms with Crippen LogP contribution < -0.4 is 26.0 Å². The zero-order valence-corrected chi connectivity index (χ0v) is 26.3. The van der Waals surface area contributed by atoms with Crippen LogP contribution in [0.2, 0.25) is 10.0 Å². The molecule has 0 aliphatic rings. The Bertz CT molecular complexity index is 1650. The van der Waals surface area contributed by atoms with E-state index in [9.17, 15) is 9.59 Å². The Morgan fingerprint density at radius 2 is 1.53 bits per heavy atom. The summed E-state index contributed by atoms with van der Waals surface area (Å²) in [7, 11) is 1.44. The van der Waals surface area contributed by atoms with Crippen LogP contribution in [0.25, 0.3) is 11.1 Å². The fourth-order valence-corrected chi connectivity index (χ4v) is 5.05. The molecule has 13 heteroatoms. The molecular formula is C32H34Cl2N6O5. The number of aliphatic hydroxyl groups is 2. The molecule has 0 spiro atoms. The van der Waals surface area contributed by atoms with E-state index in [2.05, 4.69) is 31.2 Å². The first kappa shape index (κ1) is 33.8. The van der Waals surface area contributed by atoms with Crippen molar-refractivity contribution in [1.82, 2.24) is 20.6 Å². The normalized spacial score (nSPS) is 10.9. The number of aromatic nitrogens is 2. The van der Waals surface area contributed by atoms with Crippen LogP contribution in [0.5, 0.6) is 5.88 Å². The number of hydrogen-bond acceptors (Lipinski definition) is 9. The summed E-state index contributed by atoms with van der Waals surface area (Å²) in [6.45, 7) is 3.60. The lowest BCUT2D eigenvalue weighted by atomic mass is 9.98. The Morgan fingerprint density at radius 1 is 0.867 bits per heavy atom. The third-order valence-corrected chi connectivity index (χ3v) is 7.52. The Morgan fingerprint density at radius 3 is 2.20 bits per heavy atom. The summed E-state index contributed by atoms with van der Waals surface area (Å²) in [5, 5.41) is 30.1. The van der Waals surface area contributed by atoms with E-state index in [1.54, 1.807) is 48.7 Å². The number of anilines is 2. The van der Waals surface area contributed by atoms with Gasteiger partial charge in [-0.05, 0) is 47.9 Å². The van der Waals surface area contributed by atoms with E-state index in [0.29, 0.717) is 48.7 Å². The SMILES string of the molecule is COc1nc(C(=O)Nc2cccc(-c3cccc(NC(=O)c4ccc(CNCCO)cn4)c3C)c2Cl)c(Cl)cc1CNCCO. The molecule has 4 rings (SSSR count). The lowest BCUT2D eigenvalue weighted by Gasteiger charge is -2.16. The summed E-state index contributed by atoms with van der Waals surface area (Å²) in [5.41, 5.74) is 4.83. The van der Waals surface area contributed by atoms with Gasteiger partial charge in [-0.2, -0.15) is 0 Å². The first-order valence-electron chi connectivity index (χ1n) is 14.1. The second kappa shape index (κ2) is 16.3. The van der Waals surface area contributed by atoms with Gasteiger partial charge in [-0.3, -0.25) is 14.6 Å². The summed E-state index contributed by atoms with van der Waals surface area (Å²) in [5.74, 6) is -0.717. The molecule has 0 atom stereocenters. The molecule has 0 fully saturated rings. The molecule has 0 bridgehead atoms. The van der Waals surface area contributed by atoms with Gasteiger partial charge in [-0.25, -0.2) is 4.98 Å². The predicted molar refractivity (Wildman–Crippen MR) is 175 cm³/mol. The van der Waals surface area contributed by atoms with Crippen LogP contribution in [-0.2, 0) is 13.1 Å². The number of carbonyl (C=O) groups is 2. The van der Waals surface area contributed by atoms with Gasteiger partial charge in [0.05, 0.1) is 36.1 Å². The molecule has 0 aliphatic carbocycles. The molecule has 2 aromatic heterocycles. The number of benzene rings is 2. The summed E-state index contributed by atoms with van der Waals surface area (Å²) in [6, 6.07) is 15.7. The van der Waals surface area contributed by atoms with Crippen LogP contribution in [0.4, 0.5) is 11.4 Å². The van der Waals surface area contributed by atoms with Crippen molar-refractivity contribution in [3.63, 3.8) is 0 Å². The molecule has 0 unspecified atom stereocenters. The maximum absolute atomic E-state index is 13.3. The van der Waals surface area contributed by atoms with E-state index >= 15 is 0 Å². The standard InChI is InChI=1S/C32H34Cl2N6O5/c1-19-22(5-3-7-25(19)38-30(43)27-10-9-20(17-37-27)16-35-11-13-41)23-6-4-8-26(28(23)34)39-31(44)29-24(33)15-21(18-36-12-14-42)32(40-29)45-2/h3-10,15,17,35-36,41-42H,11-14,16,18H2,1-2H3,(H,38,43)(H,39,44). The number of aliphatic hydroxyl groups excluding tert-OH is 2. The third-order valence-electron chi connectivity index (χ3n) is 6.82. The molecule has 0 radical (unpaired) electrons. The second-order valence-electron chi connectivity index (χ2n) is 9.89. The van der Waals surface area contributed by atoms with Crippen molar-refractivity contribution in [3.05, 3.63) is 98.9 Å². The highest BCUT2D eigenvalue weighted by Gasteiger charge is 2.20. The highest BCUT2D eigenvalue weighted by atomic mass is 35.5. The zero-order chi connectivity index (χ0) is 32.3. The molecule has 2 aromatic carbocycles. The molecule has 45 heavy (non-hydrogen) atoms. The van der Waals surface area contributed by atoms with Crippen molar-refractivity contribution in [2.24, 2.45) is 0 Å². The molecule has 2 heterocycles. The summed E-state index contributed by atoms with van der Waals surface area (Å²) in [6.07, 6.45) is 1.62. The average molecular weight is 654 g/mol. The van der Waals surface area contributed by atoms with Gasteiger partial charge in [0, 0.05) is 49.2 Å². The van der Waals surface area contributed by atoms with Crippen LogP contribution in [-0.4, -0.2) is 65.4 Å². The number of rotatable bonds is 14. The Hall–Kier alpha value is -4.10. The maximum Gasteiger partial charge on any atom is 0.276 e. The van der Waals surface area contributed by atoms with Crippen molar-refractivity contribution >= 4 is 46.4 Å². The average Bonchev–Trinajstić information content (AvgIpc) is 3.04. The topological polar surface area (TPSA) is 158 Å². The third kappa shape index (κ3) is 8.54. The molecule has 2 amide bonds. The summed E-state index contributed by atoms with van der Waals surface area (Å²) >= 11 is 13.2. The smallest absolute Gasteiger partial charge is 0.276 e. The Balaban J connectivity index is 1.52. The number of carbonyl (C=O) groups excluding carboxylic acids is 2. The number of hydrogen-bond donors (Lipinski definition) is 6. The van der Waals surface area contributed by atoms with Crippen molar-refractivity contribution in [1.29, 1.82) is 0 Å². The molecule has 0 saturated carbocycles. The molecular weight excluding hydrogens is 619 g/mol. The monoisotopic (exact) mass is 652 g/mol. The lowest BCUT2D eigenvalue weighted by Crippen LogP contribution is -2.20. The highest BCUT2D eigenvalue weighted by Crippen LogP contribution is 2.38.